The van der Waals surface area contributed by atoms with Gasteiger partial charge in [0, 0.05) is 0 Å². The van der Waals surface area contributed by atoms with Gasteiger partial charge in [-0.2, -0.15) is 0 Å². The van der Waals surface area contributed by atoms with Crippen LogP contribution in [0, 0.1) is 17.3 Å². The first-order chi connectivity index (χ1) is 12.3. The van der Waals surface area contributed by atoms with Crippen LogP contribution in [-0.2, 0) is 6.42 Å². The van der Waals surface area contributed by atoms with Gasteiger partial charge in [0.15, 0.2) is 0 Å². The largest absolute Gasteiger partial charge is 0.494 e. The molecule has 1 aliphatic rings. The fourth-order valence-electron chi connectivity index (χ4n) is 3.87. The molecule has 1 heterocycles. The number of rotatable bonds is 9. The summed E-state index contributed by atoms with van der Waals surface area (Å²) in [6, 6.07) is 8.70. The van der Waals surface area contributed by atoms with Crippen molar-refractivity contribution in [3.05, 3.63) is 29.8 Å². The Morgan fingerprint density at radius 2 is 1.73 bits per heavy atom. The first kappa shape index (κ1) is 21.3. The number of hydrogen-bond acceptors (Lipinski definition) is 2. The summed E-state index contributed by atoms with van der Waals surface area (Å²) >= 11 is 0. The zero-order valence-corrected chi connectivity index (χ0v) is 17.9. The summed E-state index contributed by atoms with van der Waals surface area (Å²) in [7, 11) is 0. The molecule has 0 spiro atoms. The topological polar surface area (TPSA) is 12.5 Å². The second-order valence-corrected chi connectivity index (χ2v) is 9.83. The molecule has 0 atom stereocenters. The number of piperidine rings is 1. The van der Waals surface area contributed by atoms with E-state index in [1.54, 1.807) is 0 Å². The van der Waals surface area contributed by atoms with E-state index < -0.39 is 0 Å². The number of benzene rings is 1. The van der Waals surface area contributed by atoms with Crippen molar-refractivity contribution in [3.63, 3.8) is 0 Å². The van der Waals surface area contributed by atoms with E-state index in [2.05, 4.69) is 63.8 Å². The molecule has 1 aromatic carbocycles. The summed E-state index contributed by atoms with van der Waals surface area (Å²) < 4.78 is 5.98. The average Bonchev–Trinajstić information content (AvgIpc) is 2.56. The Hall–Kier alpha value is -1.02. The summed E-state index contributed by atoms with van der Waals surface area (Å²) in [5, 5.41) is 0. The minimum atomic E-state index is 0.475. The molecular formula is C24H41NO. The Labute approximate surface area is 162 Å². The third kappa shape index (κ3) is 8.58. The summed E-state index contributed by atoms with van der Waals surface area (Å²) in [5.41, 5.74) is 1.88. The van der Waals surface area contributed by atoms with E-state index in [0.717, 1.165) is 24.7 Å². The Morgan fingerprint density at radius 1 is 1.08 bits per heavy atom. The van der Waals surface area contributed by atoms with Crippen LogP contribution in [0.5, 0.6) is 5.75 Å². The molecule has 1 fully saturated rings. The Kier molecular flexibility index (Phi) is 8.47. The van der Waals surface area contributed by atoms with E-state index in [9.17, 15) is 0 Å². The smallest absolute Gasteiger partial charge is 0.119 e. The summed E-state index contributed by atoms with van der Waals surface area (Å²) in [6.07, 6.45) is 7.69. The molecule has 148 valence electrons. The zero-order chi connectivity index (χ0) is 19.0. The molecule has 0 bridgehead atoms. The summed E-state index contributed by atoms with van der Waals surface area (Å²) in [5.74, 6) is 2.58. The van der Waals surface area contributed by atoms with Crippen molar-refractivity contribution in [1.82, 2.24) is 4.90 Å². The molecule has 26 heavy (non-hydrogen) atoms. The van der Waals surface area contributed by atoms with Crippen LogP contribution in [0.3, 0.4) is 0 Å². The molecule has 2 heteroatoms. The molecule has 0 saturated carbocycles. The van der Waals surface area contributed by atoms with Crippen molar-refractivity contribution in [2.24, 2.45) is 17.3 Å². The molecule has 1 aromatic rings. The maximum Gasteiger partial charge on any atom is 0.119 e. The van der Waals surface area contributed by atoms with Gasteiger partial charge in [0.05, 0.1) is 6.61 Å². The Balaban J connectivity index is 1.58. The predicted molar refractivity (Wildman–Crippen MR) is 113 cm³/mol. The lowest BCUT2D eigenvalue weighted by atomic mass is 9.90. The quantitative estimate of drug-likeness (QED) is 0.521. The van der Waals surface area contributed by atoms with E-state index in [-0.39, 0.29) is 0 Å². The van der Waals surface area contributed by atoms with Crippen molar-refractivity contribution >= 4 is 0 Å². The summed E-state index contributed by atoms with van der Waals surface area (Å²) in [4.78, 5) is 2.66. The van der Waals surface area contributed by atoms with Crippen LogP contribution < -0.4 is 4.74 Å². The predicted octanol–water partition coefficient (Wildman–Crippen LogP) is 6.19. The van der Waals surface area contributed by atoms with Crippen LogP contribution in [0.4, 0.5) is 0 Å². The number of hydrogen-bond donors (Lipinski definition) is 0. The third-order valence-electron chi connectivity index (χ3n) is 5.47. The Bertz CT molecular complexity index is 492. The first-order valence-corrected chi connectivity index (χ1v) is 10.8. The van der Waals surface area contributed by atoms with E-state index in [1.807, 2.05) is 0 Å². The van der Waals surface area contributed by atoms with Crippen LogP contribution in [0.25, 0.3) is 0 Å². The van der Waals surface area contributed by atoms with Crippen LogP contribution in [0.15, 0.2) is 24.3 Å². The lowest BCUT2D eigenvalue weighted by Crippen LogP contribution is -2.35. The molecular weight excluding hydrogens is 318 g/mol. The van der Waals surface area contributed by atoms with Gasteiger partial charge < -0.3 is 9.64 Å². The van der Waals surface area contributed by atoms with Gasteiger partial charge in [-0.3, -0.25) is 0 Å². The van der Waals surface area contributed by atoms with Gasteiger partial charge in [-0.25, -0.2) is 0 Å². The van der Waals surface area contributed by atoms with E-state index in [1.165, 1.54) is 57.3 Å². The number of likely N-dealkylation sites (tertiary alicyclic amines) is 1. The van der Waals surface area contributed by atoms with Crippen molar-refractivity contribution in [1.29, 1.82) is 0 Å². The van der Waals surface area contributed by atoms with Crippen molar-refractivity contribution in [3.8, 4) is 5.75 Å². The average molecular weight is 360 g/mol. The normalized spacial score (nSPS) is 17.0. The van der Waals surface area contributed by atoms with Gasteiger partial charge in [0.2, 0.25) is 0 Å². The molecule has 0 aliphatic carbocycles. The van der Waals surface area contributed by atoms with Gasteiger partial charge in [0.1, 0.15) is 5.75 Å². The second kappa shape index (κ2) is 10.3. The molecule has 2 rings (SSSR count). The molecule has 0 N–H and O–H groups in total. The van der Waals surface area contributed by atoms with Crippen LogP contribution in [0.1, 0.15) is 72.3 Å². The molecule has 1 saturated heterocycles. The van der Waals surface area contributed by atoms with E-state index in [0.29, 0.717) is 11.3 Å². The standard InChI is InChI=1S/C24H41NO/c1-20(2)19-22-7-9-23(10-8-22)26-18-13-21-11-16-25(17-12-21)15-6-14-24(3,4)5/h7-10,20-21H,6,11-19H2,1-5H3. The fraction of sp³-hybridized carbons (Fsp3) is 0.750. The summed E-state index contributed by atoms with van der Waals surface area (Å²) in [6.45, 7) is 16.3. The fourth-order valence-corrected chi connectivity index (χ4v) is 3.87. The number of nitrogens with zero attached hydrogens (tertiary/aromatic N) is 1. The van der Waals surface area contributed by atoms with Crippen LogP contribution >= 0.6 is 0 Å². The lowest BCUT2D eigenvalue weighted by molar-refractivity contribution is 0.156. The van der Waals surface area contributed by atoms with Crippen molar-refractivity contribution in [2.75, 3.05) is 26.2 Å². The highest BCUT2D eigenvalue weighted by molar-refractivity contribution is 5.27. The molecule has 2 nitrogen and oxygen atoms in total. The lowest BCUT2D eigenvalue weighted by Gasteiger charge is -2.32. The van der Waals surface area contributed by atoms with Crippen LogP contribution in [0.2, 0.25) is 0 Å². The van der Waals surface area contributed by atoms with Gasteiger partial charge >= 0.3 is 0 Å². The van der Waals surface area contributed by atoms with E-state index in [4.69, 9.17) is 4.74 Å². The third-order valence-corrected chi connectivity index (χ3v) is 5.47. The van der Waals surface area contributed by atoms with Gasteiger partial charge in [-0.05, 0) is 93.1 Å². The first-order valence-electron chi connectivity index (χ1n) is 10.8. The highest BCUT2D eigenvalue weighted by Gasteiger charge is 2.19. The number of ether oxygens (including phenoxy) is 1. The van der Waals surface area contributed by atoms with Gasteiger partial charge in [-0.1, -0.05) is 46.8 Å². The minimum absolute atomic E-state index is 0.475. The SMILES string of the molecule is CC(C)Cc1ccc(OCCC2CCN(CCCC(C)(C)C)CC2)cc1. The van der Waals surface area contributed by atoms with Gasteiger partial charge in [0.25, 0.3) is 0 Å². The molecule has 0 unspecified atom stereocenters. The zero-order valence-electron chi connectivity index (χ0n) is 17.9. The monoisotopic (exact) mass is 359 g/mol. The molecule has 1 aliphatic heterocycles. The second-order valence-electron chi connectivity index (χ2n) is 9.83. The molecule has 0 radical (unpaired) electrons. The maximum atomic E-state index is 5.98. The van der Waals surface area contributed by atoms with Crippen LogP contribution in [-0.4, -0.2) is 31.1 Å². The van der Waals surface area contributed by atoms with E-state index >= 15 is 0 Å². The molecule has 0 amide bonds. The highest BCUT2D eigenvalue weighted by atomic mass is 16.5. The highest BCUT2D eigenvalue weighted by Crippen LogP contribution is 2.24. The molecule has 0 aromatic heterocycles. The van der Waals surface area contributed by atoms with Gasteiger partial charge in [-0.15, -0.1) is 0 Å². The van der Waals surface area contributed by atoms with Crippen molar-refractivity contribution in [2.45, 2.75) is 73.1 Å². The maximum absolute atomic E-state index is 5.98. The minimum Gasteiger partial charge on any atom is -0.494 e. The Morgan fingerprint density at radius 3 is 2.31 bits per heavy atom. The van der Waals surface area contributed by atoms with Crippen molar-refractivity contribution < 1.29 is 4.74 Å².